The Balaban J connectivity index is 0.000000316. The monoisotopic (exact) mass is 409 g/mol. The second-order valence-electron chi connectivity index (χ2n) is 5.71. The molecule has 0 aliphatic carbocycles. The molecule has 136 valence electrons. The van der Waals surface area contributed by atoms with Crippen LogP contribution in [-0.2, 0) is 9.47 Å². The van der Waals surface area contributed by atoms with Crippen LogP contribution < -0.4 is 10.3 Å². The van der Waals surface area contributed by atoms with Crippen LogP contribution in [0.5, 0.6) is 5.75 Å². The maximum absolute atomic E-state index is 12.1. The van der Waals surface area contributed by atoms with Crippen LogP contribution in [0.4, 0.5) is 0 Å². The van der Waals surface area contributed by atoms with Gasteiger partial charge in [0.1, 0.15) is 5.75 Å². The summed E-state index contributed by atoms with van der Waals surface area (Å²) in [4.78, 5) is 12.1. The summed E-state index contributed by atoms with van der Waals surface area (Å²) < 4.78 is 17.7. The highest BCUT2D eigenvalue weighted by molar-refractivity contribution is 9.10. The Morgan fingerprint density at radius 2 is 1.76 bits per heavy atom. The van der Waals surface area contributed by atoms with E-state index >= 15 is 0 Å². The summed E-state index contributed by atoms with van der Waals surface area (Å²) in [5.41, 5.74) is 2.23. The molecule has 0 radical (unpaired) electrons. The van der Waals surface area contributed by atoms with Crippen LogP contribution in [0.2, 0.25) is 0 Å². The van der Waals surface area contributed by atoms with E-state index in [4.69, 9.17) is 14.2 Å². The molecule has 0 amide bonds. The van der Waals surface area contributed by atoms with Crippen molar-refractivity contribution in [2.75, 3.05) is 33.5 Å². The summed E-state index contributed by atoms with van der Waals surface area (Å²) in [6, 6.07) is 9.39. The smallest absolute Gasteiger partial charge is 0.254 e. The quantitative estimate of drug-likeness (QED) is 0.777. The van der Waals surface area contributed by atoms with E-state index in [2.05, 4.69) is 22.0 Å². The topological polar surface area (TPSA) is 49.7 Å². The van der Waals surface area contributed by atoms with Gasteiger partial charge >= 0.3 is 0 Å². The number of aromatic nitrogens is 1. The van der Waals surface area contributed by atoms with Crippen LogP contribution in [-0.4, -0.2) is 38.1 Å². The first kappa shape index (κ1) is 19.7. The minimum atomic E-state index is -0.0610. The van der Waals surface area contributed by atoms with Gasteiger partial charge in [-0.15, -0.1) is 0 Å². The lowest BCUT2D eigenvalue weighted by Gasteiger charge is -2.18. The maximum Gasteiger partial charge on any atom is 0.254 e. The summed E-state index contributed by atoms with van der Waals surface area (Å²) in [7, 11) is 1.56. The van der Waals surface area contributed by atoms with E-state index < -0.39 is 0 Å². The number of halogens is 1. The van der Waals surface area contributed by atoms with Crippen molar-refractivity contribution in [3.63, 3.8) is 0 Å². The van der Waals surface area contributed by atoms with Crippen LogP contribution in [0.25, 0.3) is 0 Å². The molecule has 3 rings (SSSR count). The van der Waals surface area contributed by atoms with Crippen LogP contribution >= 0.6 is 15.9 Å². The lowest BCUT2D eigenvalue weighted by molar-refractivity contribution is -0.0334. The highest BCUT2D eigenvalue weighted by atomic mass is 79.9. The molecular formula is C19H24BrNO4. The minimum Gasteiger partial charge on any atom is -0.497 e. The Hall–Kier alpha value is -1.63. The number of benzene rings is 1. The molecule has 6 heteroatoms. The number of pyridine rings is 1. The van der Waals surface area contributed by atoms with Gasteiger partial charge in [-0.05, 0) is 43.2 Å². The molecule has 0 N–H and O–H groups in total. The highest BCUT2D eigenvalue weighted by Gasteiger charge is 2.12. The van der Waals surface area contributed by atoms with E-state index in [9.17, 15) is 4.79 Å². The highest BCUT2D eigenvalue weighted by Crippen LogP contribution is 2.23. The van der Waals surface area contributed by atoms with Gasteiger partial charge in [0.15, 0.2) is 0 Å². The largest absolute Gasteiger partial charge is 0.497 e. The van der Waals surface area contributed by atoms with Gasteiger partial charge in [0.05, 0.1) is 39.6 Å². The van der Waals surface area contributed by atoms with Crippen molar-refractivity contribution in [2.45, 2.75) is 19.9 Å². The summed E-state index contributed by atoms with van der Waals surface area (Å²) >= 11 is 3.45. The predicted molar refractivity (Wildman–Crippen MR) is 102 cm³/mol. The normalized spacial score (nSPS) is 15.0. The number of methoxy groups -OCH3 is 1. The first-order chi connectivity index (χ1) is 12.0. The third kappa shape index (κ3) is 5.70. The van der Waals surface area contributed by atoms with Crippen LogP contribution in [0, 0.1) is 6.92 Å². The minimum absolute atomic E-state index is 0.00786. The molecule has 0 spiro atoms. The molecule has 0 saturated carbocycles. The molecular weight excluding hydrogens is 386 g/mol. The van der Waals surface area contributed by atoms with E-state index in [-0.39, 0.29) is 11.6 Å². The van der Waals surface area contributed by atoms with Gasteiger partial charge < -0.3 is 18.8 Å². The number of hydrogen-bond donors (Lipinski definition) is 0. The Kier molecular flexibility index (Phi) is 7.68. The van der Waals surface area contributed by atoms with E-state index in [0.29, 0.717) is 5.75 Å². The number of nitrogens with zero attached hydrogens (tertiary/aromatic N) is 1. The lowest BCUT2D eigenvalue weighted by atomic mass is 10.0. The van der Waals surface area contributed by atoms with E-state index in [1.165, 1.54) is 6.07 Å². The van der Waals surface area contributed by atoms with Crippen molar-refractivity contribution in [2.24, 2.45) is 0 Å². The van der Waals surface area contributed by atoms with Gasteiger partial charge in [0.25, 0.3) is 5.56 Å². The molecule has 1 aromatic heterocycles. The van der Waals surface area contributed by atoms with Gasteiger partial charge in [-0.25, -0.2) is 0 Å². The third-order valence-electron chi connectivity index (χ3n) is 4.00. The van der Waals surface area contributed by atoms with E-state index in [1.54, 1.807) is 23.9 Å². The molecule has 2 heterocycles. The number of rotatable bonds is 3. The van der Waals surface area contributed by atoms with Gasteiger partial charge in [-0.3, -0.25) is 4.79 Å². The van der Waals surface area contributed by atoms with Gasteiger partial charge in [-0.2, -0.15) is 0 Å². The standard InChI is InChI=1S/C15H16BrNO2.C4H8O2/c1-10-8-12(16)4-5-14(10)11(2)17-7-6-13(19-3)9-15(17)18;1-2-6-4-3-5-1/h4-9,11H,1-3H3;1-4H2. The van der Waals surface area contributed by atoms with Crippen molar-refractivity contribution < 1.29 is 14.2 Å². The summed E-state index contributed by atoms with van der Waals surface area (Å²) in [6.07, 6.45) is 1.77. The van der Waals surface area contributed by atoms with Crippen molar-refractivity contribution in [3.05, 3.63) is 62.5 Å². The average molecular weight is 410 g/mol. The number of ether oxygens (including phenoxy) is 3. The fourth-order valence-electron chi connectivity index (χ4n) is 2.62. The molecule has 1 saturated heterocycles. The van der Waals surface area contributed by atoms with Crippen molar-refractivity contribution in [1.82, 2.24) is 4.57 Å². The van der Waals surface area contributed by atoms with Crippen molar-refractivity contribution in [1.29, 1.82) is 0 Å². The zero-order chi connectivity index (χ0) is 18.2. The number of hydrogen-bond acceptors (Lipinski definition) is 4. The van der Waals surface area contributed by atoms with Crippen molar-refractivity contribution in [3.8, 4) is 5.75 Å². The Bertz CT molecular complexity index is 729. The van der Waals surface area contributed by atoms with Crippen LogP contribution in [0.3, 0.4) is 0 Å². The Morgan fingerprint density at radius 1 is 1.12 bits per heavy atom. The first-order valence-electron chi connectivity index (χ1n) is 8.20. The second kappa shape index (κ2) is 9.75. The fourth-order valence-corrected chi connectivity index (χ4v) is 3.09. The predicted octanol–water partition coefficient (Wildman–Crippen LogP) is 3.57. The lowest BCUT2D eigenvalue weighted by Crippen LogP contribution is -2.23. The summed E-state index contributed by atoms with van der Waals surface area (Å²) in [6.45, 7) is 7.18. The van der Waals surface area contributed by atoms with Crippen molar-refractivity contribution >= 4 is 15.9 Å². The molecule has 1 aromatic carbocycles. The molecule has 5 nitrogen and oxygen atoms in total. The fraction of sp³-hybridized carbons (Fsp3) is 0.421. The van der Waals surface area contributed by atoms with Crippen LogP contribution in [0.1, 0.15) is 24.1 Å². The van der Waals surface area contributed by atoms with E-state index in [0.717, 1.165) is 42.0 Å². The SMILES string of the molecule is C1COCCO1.COc1ccn(C(C)c2ccc(Br)cc2C)c(=O)c1. The third-order valence-corrected chi connectivity index (χ3v) is 4.49. The summed E-state index contributed by atoms with van der Waals surface area (Å²) in [5.74, 6) is 0.584. The molecule has 1 fully saturated rings. The maximum atomic E-state index is 12.1. The Morgan fingerprint density at radius 3 is 2.24 bits per heavy atom. The summed E-state index contributed by atoms with van der Waals surface area (Å²) in [5, 5.41) is 0. The second-order valence-corrected chi connectivity index (χ2v) is 6.63. The molecule has 25 heavy (non-hydrogen) atoms. The van der Waals surface area contributed by atoms with Gasteiger partial charge in [-0.1, -0.05) is 22.0 Å². The molecule has 2 aromatic rings. The van der Waals surface area contributed by atoms with Gasteiger partial charge in [0.2, 0.25) is 0 Å². The van der Waals surface area contributed by atoms with E-state index in [1.807, 2.05) is 26.0 Å². The molecule has 1 aliphatic rings. The van der Waals surface area contributed by atoms with Gasteiger partial charge in [0, 0.05) is 16.7 Å². The molecule has 1 unspecified atom stereocenters. The average Bonchev–Trinajstić information content (AvgIpc) is 2.63. The molecule has 1 atom stereocenters. The zero-order valence-corrected chi connectivity index (χ0v) is 16.4. The number of aryl methyl sites for hydroxylation is 1. The Labute approximate surface area is 156 Å². The zero-order valence-electron chi connectivity index (χ0n) is 14.8. The molecule has 0 bridgehead atoms. The van der Waals surface area contributed by atoms with Crippen LogP contribution in [0.15, 0.2) is 45.8 Å². The molecule has 1 aliphatic heterocycles. The first-order valence-corrected chi connectivity index (χ1v) is 9.00.